The first-order valence-corrected chi connectivity index (χ1v) is 8.24. The monoisotopic (exact) mass is 337 g/mol. The fraction of sp³-hybridized carbons (Fsp3) is 0.471. The van der Waals surface area contributed by atoms with E-state index in [0.29, 0.717) is 23.0 Å². The van der Waals surface area contributed by atoms with Crippen molar-refractivity contribution in [2.75, 3.05) is 13.1 Å². The van der Waals surface area contributed by atoms with E-state index in [9.17, 15) is 9.50 Å². The highest BCUT2D eigenvalue weighted by molar-refractivity contribution is 6.30. The summed E-state index contributed by atoms with van der Waals surface area (Å²) in [5, 5.41) is 11.0. The van der Waals surface area contributed by atoms with Crippen molar-refractivity contribution in [2.45, 2.75) is 25.5 Å². The standard InChI is InChI=1S/C17H21ClFN3O/c1-21-9-6-20-17(21)16(23)12-4-7-22(8-5-12)11-13-10-14(18)2-3-15(13)19/h2-3,6,9-10,12,16,23H,4-5,7-8,11H2,1H3. The first kappa shape index (κ1) is 16.4. The van der Waals surface area contributed by atoms with Gasteiger partial charge in [0.15, 0.2) is 0 Å². The first-order chi connectivity index (χ1) is 11.0. The molecule has 0 amide bonds. The summed E-state index contributed by atoms with van der Waals surface area (Å²) in [6.45, 7) is 2.22. The van der Waals surface area contributed by atoms with Gasteiger partial charge in [-0.25, -0.2) is 9.37 Å². The van der Waals surface area contributed by atoms with Gasteiger partial charge in [-0.2, -0.15) is 0 Å². The summed E-state index contributed by atoms with van der Waals surface area (Å²) >= 11 is 5.94. The maximum Gasteiger partial charge on any atom is 0.137 e. The zero-order valence-corrected chi connectivity index (χ0v) is 13.9. The number of halogens is 2. The maximum absolute atomic E-state index is 13.8. The van der Waals surface area contributed by atoms with Crippen LogP contribution in [0.5, 0.6) is 0 Å². The largest absolute Gasteiger partial charge is 0.385 e. The lowest BCUT2D eigenvalue weighted by Gasteiger charge is -2.34. The highest BCUT2D eigenvalue weighted by Crippen LogP contribution is 2.30. The average Bonchev–Trinajstić information content (AvgIpc) is 2.97. The summed E-state index contributed by atoms with van der Waals surface area (Å²) in [6, 6.07) is 4.66. The number of hydrogen-bond acceptors (Lipinski definition) is 3. The molecule has 6 heteroatoms. The van der Waals surface area contributed by atoms with Crippen molar-refractivity contribution in [1.82, 2.24) is 14.5 Å². The number of hydrogen-bond donors (Lipinski definition) is 1. The molecule has 124 valence electrons. The van der Waals surface area contributed by atoms with Gasteiger partial charge in [-0.15, -0.1) is 0 Å². The molecule has 1 aliphatic heterocycles. The van der Waals surface area contributed by atoms with Crippen LogP contribution in [0.1, 0.15) is 30.3 Å². The van der Waals surface area contributed by atoms with Crippen molar-refractivity contribution in [3.8, 4) is 0 Å². The summed E-state index contributed by atoms with van der Waals surface area (Å²) in [5.74, 6) is 0.686. The number of piperidine rings is 1. The molecule has 1 fully saturated rings. The van der Waals surface area contributed by atoms with E-state index >= 15 is 0 Å². The van der Waals surface area contributed by atoms with Crippen LogP contribution >= 0.6 is 11.6 Å². The average molecular weight is 338 g/mol. The molecule has 1 N–H and O–H groups in total. The van der Waals surface area contributed by atoms with Gasteiger partial charge in [0.05, 0.1) is 0 Å². The van der Waals surface area contributed by atoms with Gasteiger partial charge in [-0.1, -0.05) is 11.6 Å². The van der Waals surface area contributed by atoms with Crippen LogP contribution in [0.2, 0.25) is 5.02 Å². The number of benzene rings is 1. The van der Waals surface area contributed by atoms with Crippen molar-refractivity contribution in [2.24, 2.45) is 13.0 Å². The number of aliphatic hydroxyl groups excluding tert-OH is 1. The molecule has 1 saturated heterocycles. The van der Waals surface area contributed by atoms with E-state index in [-0.39, 0.29) is 11.7 Å². The molecule has 3 rings (SSSR count). The molecule has 2 aromatic rings. The Labute approximate surface area is 140 Å². The van der Waals surface area contributed by atoms with E-state index in [0.717, 1.165) is 25.9 Å². The Morgan fingerprint density at radius 1 is 1.39 bits per heavy atom. The lowest BCUT2D eigenvalue weighted by Crippen LogP contribution is -2.35. The third-order valence-corrected chi connectivity index (χ3v) is 4.84. The van der Waals surface area contributed by atoms with Crippen LogP contribution in [-0.4, -0.2) is 32.6 Å². The number of likely N-dealkylation sites (tertiary alicyclic amines) is 1. The molecule has 2 heterocycles. The van der Waals surface area contributed by atoms with E-state index < -0.39 is 6.10 Å². The fourth-order valence-corrected chi connectivity index (χ4v) is 3.40. The molecule has 23 heavy (non-hydrogen) atoms. The van der Waals surface area contributed by atoms with Gasteiger partial charge >= 0.3 is 0 Å². The van der Waals surface area contributed by atoms with E-state index in [1.54, 1.807) is 18.3 Å². The van der Waals surface area contributed by atoms with Crippen molar-refractivity contribution in [3.63, 3.8) is 0 Å². The summed E-state index contributed by atoms with van der Waals surface area (Å²) in [6.07, 6.45) is 4.75. The molecule has 4 nitrogen and oxygen atoms in total. The van der Waals surface area contributed by atoms with Gasteiger partial charge in [-0.3, -0.25) is 4.90 Å². The van der Waals surface area contributed by atoms with Crippen molar-refractivity contribution >= 4 is 11.6 Å². The highest BCUT2D eigenvalue weighted by atomic mass is 35.5. The normalized spacial score (nSPS) is 18.3. The molecular weight excluding hydrogens is 317 g/mol. The summed E-state index contributed by atoms with van der Waals surface area (Å²) in [7, 11) is 1.89. The van der Waals surface area contributed by atoms with Crippen LogP contribution in [0.25, 0.3) is 0 Å². The third-order valence-electron chi connectivity index (χ3n) is 4.60. The lowest BCUT2D eigenvalue weighted by atomic mass is 9.90. The Hall–Kier alpha value is -1.43. The molecule has 1 unspecified atom stereocenters. The van der Waals surface area contributed by atoms with Crippen molar-refractivity contribution < 1.29 is 9.50 Å². The topological polar surface area (TPSA) is 41.3 Å². The summed E-state index contributed by atoms with van der Waals surface area (Å²) in [5.41, 5.74) is 0.626. The number of aliphatic hydroxyl groups is 1. The fourth-order valence-electron chi connectivity index (χ4n) is 3.21. The van der Waals surface area contributed by atoms with Crippen LogP contribution in [0.15, 0.2) is 30.6 Å². The molecular formula is C17H21ClFN3O. The second-order valence-electron chi connectivity index (χ2n) is 6.19. The van der Waals surface area contributed by atoms with Gasteiger partial charge in [0.2, 0.25) is 0 Å². The zero-order valence-electron chi connectivity index (χ0n) is 13.1. The van der Waals surface area contributed by atoms with Crippen molar-refractivity contribution in [1.29, 1.82) is 0 Å². The van der Waals surface area contributed by atoms with Crippen LogP contribution in [0.4, 0.5) is 4.39 Å². The number of aryl methyl sites for hydroxylation is 1. The van der Waals surface area contributed by atoms with Gasteiger partial charge in [0, 0.05) is 36.6 Å². The molecule has 1 aromatic carbocycles. The molecule has 1 aliphatic rings. The molecule has 0 bridgehead atoms. The summed E-state index contributed by atoms with van der Waals surface area (Å²) < 4.78 is 15.7. The number of nitrogens with zero attached hydrogens (tertiary/aromatic N) is 3. The number of aromatic nitrogens is 2. The molecule has 1 aromatic heterocycles. The minimum absolute atomic E-state index is 0.191. The van der Waals surface area contributed by atoms with Crippen molar-refractivity contribution in [3.05, 3.63) is 52.8 Å². The lowest BCUT2D eigenvalue weighted by molar-refractivity contribution is 0.0489. The second-order valence-corrected chi connectivity index (χ2v) is 6.63. The Bertz CT molecular complexity index is 668. The minimum Gasteiger partial charge on any atom is -0.385 e. The SMILES string of the molecule is Cn1ccnc1C(O)C1CCN(Cc2cc(Cl)ccc2F)CC1. The number of rotatable bonds is 4. The quantitative estimate of drug-likeness (QED) is 0.931. The first-order valence-electron chi connectivity index (χ1n) is 7.86. The zero-order chi connectivity index (χ0) is 16.4. The minimum atomic E-state index is -0.542. The van der Waals surface area contributed by atoms with Crippen LogP contribution in [-0.2, 0) is 13.6 Å². The Kier molecular flexibility index (Phi) is 4.99. The van der Waals surface area contributed by atoms with Crippen LogP contribution < -0.4 is 0 Å². The van der Waals surface area contributed by atoms with E-state index in [1.165, 1.54) is 6.07 Å². The van der Waals surface area contributed by atoms with Gasteiger partial charge < -0.3 is 9.67 Å². The van der Waals surface area contributed by atoms with Gasteiger partial charge in [-0.05, 0) is 50.0 Å². The summed E-state index contributed by atoms with van der Waals surface area (Å²) in [4.78, 5) is 6.44. The Balaban J connectivity index is 1.58. The Morgan fingerprint density at radius 3 is 2.78 bits per heavy atom. The predicted molar refractivity (Wildman–Crippen MR) is 87.6 cm³/mol. The van der Waals surface area contributed by atoms with Gasteiger partial charge in [0.1, 0.15) is 17.7 Å². The van der Waals surface area contributed by atoms with Crippen LogP contribution in [0, 0.1) is 11.7 Å². The highest BCUT2D eigenvalue weighted by Gasteiger charge is 2.28. The smallest absolute Gasteiger partial charge is 0.137 e. The van der Waals surface area contributed by atoms with E-state index in [1.807, 2.05) is 17.8 Å². The van der Waals surface area contributed by atoms with Gasteiger partial charge in [0.25, 0.3) is 0 Å². The second kappa shape index (κ2) is 6.99. The molecule has 1 atom stereocenters. The van der Waals surface area contributed by atoms with E-state index in [2.05, 4.69) is 9.88 Å². The molecule has 0 saturated carbocycles. The molecule has 0 radical (unpaired) electrons. The predicted octanol–water partition coefficient (Wildman–Crippen LogP) is 3.16. The Morgan fingerprint density at radius 2 is 2.13 bits per heavy atom. The number of imidazole rings is 1. The molecule has 0 spiro atoms. The third kappa shape index (κ3) is 3.74. The molecule has 0 aliphatic carbocycles. The maximum atomic E-state index is 13.8. The van der Waals surface area contributed by atoms with Crippen LogP contribution in [0.3, 0.4) is 0 Å². The van der Waals surface area contributed by atoms with E-state index in [4.69, 9.17) is 11.6 Å².